The van der Waals surface area contributed by atoms with Gasteiger partial charge in [-0.25, -0.2) is 4.99 Å². The Kier molecular flexibility index (Phi) is 8.86. The number of aromatic hydroxyl groups is 1. The third-order valence-electron chi connectivity index (χ3n) is 6.30. The summed E-state index contributed by atoms with van der Waals surface area (Å²) in [7, 11) is 0. The van der Waals surface area contributed by atoms with Crippen molar-refractivity contribution in [1.82, 2.24) is 9.88 Å². The normalized spacial score (nSPS) is 11.9. The summed E-state index contributed by atoms with van der Waals surface area (Å²) in [5.74, 6) is 1.34. The van der Waals surface area contributed by atoms with Gasteiger partial charge in [0.2, 0.25) is 0 Å². The Balaban J connectivity index is 1.80. The number of fused-ring (bicyclic) bond motifs is 1. The molecule has 0 fully saturated rings. The summed E-state index contributed by atoms with van der Waals surface area (Å²) in [6.07, 6.45) is 1.14. The highest BCUT2D eigenvalue weighted by atomic mass is 16.5. The van der Waals surface area contributed by atoms with Crippen LogP contribution in [-0.2, 0) is 6.54 Å². The highest BCUT2D eigenvalue weighted by molar-refractivity contribution is 6.22. The van der Waals surface area contributed by atoms with Gasteiger partial charge in [-0.2, -0.15) is 0 Å². The molecule has 4 aromatic rings. The molecular formula is C31H37N3O3. The SMILES string of the molecule is CCCN(CC)Cc1ccc(N=C(c2ccccc2)c2c(O)[nH]c3cc(OCC)c(OCC)cc23)cc1. The first-order valence-corrected chi connectivity index (χ1v) is 13.2. The van der Waals surface area contributed by atoms with Crippen molar-refractivity contribution in [2.45, 2.75) is 40.7 Å². The fourth-order valence-corrected chi connectivity index (χ4v) is 4.55. The van der Waals surface area contributed by atoms with Gasteiger partial charge in [0.05, 0.1) is 35.7 Å². The largest absolute Gasteiger partial charge is 0.494 e. The highest BCUT2D eigenvalue weighted by Gasteiger charge is 2.21. The molecule has 0 unspecified atom stereocenters. The summed E-state index contributed by atoms with van der Waals surface area (Å²) >= 11 is 0. The Hall–Kier alpha value is -3.77. The van der Waals surface area contributed by atoms with E-state index in [1.54, 1.807) is 0 Å². The monoisotopic (exact) mass is 499 g/mol. The van der Waals surface area contributed by atoms with Crippen molar-refractivity contribution >= 4 is 22.3 Å². The van der Waals surface area contributed by atoms with Crippen LogP contribution in [0.25, 0.3) is 10.9 Å². The molecule has 1 heterocycles. The molecule has 0 spiro atoms. The van der Waals surface area contributed by atoms with E-state index in [1.807, 2.05) is 68.4 Å². The maximum atomic E-state index is 11.1. The van der Waals surface area contributed by atoms with E-state index in [9.17, 15) is 5.11 Å². The van der Waals surface area contributed by atoms with Crippen LogP contribution < -0.4 is 9.47 Å². The molecule has 4 rings (SSSR count). The number of nitrogens with zero attached hydrogens (tertiary/aromatic N) is 2. The number of aromatic amines is 1. The van der Waals surface area contributed by atoms with Crippen LogP contribution in [-0.4, -0.2) is 47.0 Å². The third kappa shape index (κ3) is 6.15. The van der Waals surface area contributed by atoms with Gasteiger partial charge < -0.3 is 19.6 Å². The first-order chi connectivity index (χ1) is 18.1. The zero-order valence-corrected chi connectivity index (χ0v) is 22.3. The first kappa shape index (κ1) is 26.3. The van der Waals surface area contributed by atoms with Crippen molar-refractivity contribution in [2.75, 3.05) is 26.3 Å². The number of aromatic nitrogens is 1. The summed E-state index contributed by atoms with van der Waals surface area (Å²) in [5.41, 5.74) is 5.07. The Morgan fingerprint density at radius 2 is 1.57 bits per heavy atom. The van der Waals surface area contributed by atoms with Crippen LogP contribution in [0.1, 0.15) is 50.8 Å². The van der Waals surface area contributed by atoms with Crippen LogP contribution >= 0.6 is 0 Å². The van der Waals surface area contributed by atoms with Gasteiger partial charge in [-0.15, -0.1) is 0 Å². The molecular weight excluding hydrogens is 462 g/mol. The minimum atomic E-state index is 0.0588. The van der Waals surface area contributed by atoms with Crippen LogP contribution in [0.4, 0.5) is 5.69 Å². The van der Waals surface area contributed by atoms with Gasteiger partial charge in [-0.1, -0.05) is 56.3 Å². The van der Waals surface area contributed by atoms with Crippen LogP contribution in [0, 0.1) is 0 Å². The average molecular weight is 500 g/mol. The van der Waals surface area contributed by atoms with E-state index in [0.29, 0.717) is 36.0 Å². The molecule has 1 aromatic heterocycles. The Morgan fingerprint density at radius 1 is 0.892 bits per heavy atom. The third-order valence-corrected chi connectivity index (χ3v) is 6.30. The predicted molar refractivity (Wildman–Crippen MR) is 152 cm³/mol. The predicted octanol–water partition coefficient (Wildman–Crippen LogP) is 7.07. The standard InChI is InChI=1S/C31H37N3O3/c1-5-18-34(6-2)21-22-14-16-24(17-15-22)32-30(23-12-10-9-11-13-23)29-25-19-27(36-7-3)28(37-8-4)20-26(25)33-31(29)35/h9-17,19-20,33,35H,5-8,18,21H2,1-4H3. The molecule has 0 amide bonds. The molecule has 0 atom stereocenters. The van der Waals surface area contributed by atoms with Gasteiger partial charge in [-0.3, -0.25) is 4.90 Å². The number of aliphatic imine (C=N–C) groups is 1. The minimum absolute atomic E-state index is 0.0588. The second kappa shape index (κ2) is 12.5. The Bertz CT molecular complexity index is 1330. The molecule has 6 nitrogen and oxygen atoms in total. The zero-order valence-electron chi connectivity index (χ0n) is 22.3. The number of ether oxygens (including phenoxy) is 2. The van der Waals surface area contributed by atoms with E-state index in [4.69, 9.17) is 14.5 Å². The lowest BCUT2D eigenvalue weighted by atomic mass is 10.0. The number of H-pyrrole nitrogens is 1. The summed E-state index contributed by atoms with van der Waals surface area (Å²) < 4.78 is 11.7. The highest BCUT2D eigenvalue weighted by Crippen LogP contribution is 2.38. The van der Waals surface area contributed by atoms with E-state index in [0.717, 1.165) is 48.2 Å². The number of hydrogen-bond acceptors (Lipinski definition) is 5. The van der Waals surface area contributed by atoms with Gasteiger partial charge in [0.25, 0.3) is 0 Å². The summed E-state index contributed by atoms with van der Waals surface area (Å²) in [4.78, 5) is 10.6. The van der Waals surface area contributed by atoms with Gasteiger partial charge in [-0.05, 0) is 57.1 Å². The van der Waals surface area contributed by atoms with E-state index in [1.165, 1.54) is 5.56 Å². The van der Waals surface area contributed by atoms with E-state index in [2.05, 4.69) is 35.9 Å². The molecule has 6 heteroatoms. The summed E-state index contributed by atoms with van der Waals surface area (Å²) in [6.45, 7) is 12.4. The van der Waals surface area contributed by atoms with Crippen molar-refractivity contribution in [3.63, 3.8) is 0 Å². The van der Waals surface area contributed by atoms with Crippen LogP contribution in [0.3, 0.4) is 0 Å². The van der Waals surface area contributed by atoms with E-state index >= 15 is 0 Å². The van der Waals surface area contributed by atoms with Crippen molar-refractivity contribution < 1.29 is 14.6 Å². The van der Waals surface area contributed by atoms with Crippen LogP contribution in [0.2, 0.25) is 0 Å². The molecule has 2 N–H and O–H groups in total. The van der Waals surface area contributed by atoms with Gasteiger partial charge in [0.15, 0.2) is 17.4 Å². The molecule has 0 aliphatic heterocycles. The molecule has 0 saturated carbocycles. The van der Waals surface area contributed by atoms with Crippen molar-refractivity contribution in [3.8, 4) is 17.4 Å². The van der Waals surface area contributed by atoms with Crippen LogP contribution in [0.5, 0.6) is 17.4 Å². The maximum absolute atomic E-state index is 11.1. The van der Waals surface area contributed by atoms with Crippen molar-refractivity contribution in [1.29, 1.82) is 0 Å². The molecule has 0 bridgehead atoms. The van der Waals surface area contributed by atoms with Crippen molar-refractivity contribution in [2.24, 2.45) is 4.99 Å². The molecule has 0 saturated heterocycles. The van der Waals surface area contributed by atoms with Crippen LogP contribution in [0.15, 0.2) is 71.7 Å². The molecule has 3 aromatic carbocycles. The molecule has 37 heavy (non-hydrogen) atoms. The molecule has 0 aliphatic carbocycles. The fraction of sp³-hybridized carbons (Fsp3) is 0.323. The van der Waals surface area contributed by atoms with Gasteiger partial charge >= 0.3 is 0 Å². The second-order valence-electron chi connectivity index (χ2n) is 8.92. The van der Waals surface area contributed by atoms with E-state index < -0.39 is 0 Å². The van der Waals surface area contributed by atoms with Gasteiger partial charge in [0, 0.05) is 23.6 Å². The number of rotatable bonds is 12. The van der Waals surface area contributed by atoms with Crippen molar-refractivity contribution in [3.05, 3.63) is 83.4 Å². The fourth-order valence-electron chi connectivity index (χ4n) is 4.55. The molecule has 0 radical (unpaired) electrons. The number of hydrogen-bond donors (Lipinski definition) is 2. The lowest BCUT2D eigenvalue weighted by molar-refractivity contribution is 0.280. The lowest BCUT2D eigenvalue weighted by Crippen LogP contribution is -2.23. The summed E-state index contributed by atoms with van der Waals surface area (Å²) in [5, 5.41) is 11.9. The number of benzene rings is 3. The molecule has 194 valence electrons. The van der Waals surface area contributed by atoms with E-state index in [-0.39, 0.29) is 5.88 Å². The minimum Gasteiger partial charge on any atom is -0.494 e. The molecule has 0 aliphatic rings. The summed E-state index contributed by atoms with van der Waals surface area (Å²) in [6, 6.07) is 22.1. The maximum Gasteiger partial charge on any atom is 0.199 e. The first-order valence-electron chi connectivity index (χ1n) is 13.2. The topological polar surface area (TPSA) is 70.1 Å². The second-order valence-corrected chi connectivity index (χ2v) is 8.92. The number of nitrogens with one attached hydrogen (secondary N) is 1. The Morgan fingerprint density at radius 3 is 2.19 bits per heavy atom. The Labute approximate surface area is 219 Å². The smallest absolute Gasteiger partial charge is 0.199 e. The quantitative estimate of drug-likeness (QED) is 0.205. The average Bonchev–Trinajstić information content (AvgIpc) is 3.23. The zero-order chi connectivity index (χ0) is 26.2. The van der Waals surface area contributed by atoms with Gasteiger partial charge in [0.1, 0.15) is 0 Å². The lowest BCUT2D eigenvalue weighted by Gasteiger charge is -2.19.